The summed E-state index contributed by atoms with van der Waals surface area (Å²) in [5, 5.41) is 4.93. The van der Waals surface area contributed by atoms with Crippen molar-refractivity contribution in [3.05, 3.63) is 204 Å². The maximum atomic E-state index is 6.92. The first-order chi connectivity index (χ1) is 26.3. The third-order valence-corrected chi connectivity index (χ3v) is 11.4. The topological polar surface area (TPSA) is 28.3 Å². The van der Waals surface area contributed by atoms with Crippen LogP contribution in [0.4, 0.5) is 0 Å². The van der Waals surface area contributed by atoms with Gasteiger partial charge in [-0.2, -0.15) is 0 Å². The van der Waals surface area contributed by atoms with Crippen LogP contribution < -0.4 is 9.47 Å². The van der Waals surface area contributed by atoms with Crippen LogP contribution in [0, 0.1) is 0 Å². The second-order valence-corrected chi connectivity index (χ2v) is 14.0. The Kier molecular flexibility index (Phi) is 5.67. The zero-order valence-corrected chi connectivity index (χ0v) is 28.5. The first-order valence-corrected chi connectivity index (χ1v) is 18.1. The number of aromatic nitrogens is 2. The normalized spacial score (nSPS) is 13.7. The van der Waals surface area contributed by atoms with Gasteiger partial charge in [0.15, 0.2) is 0 Å². The molecule has 4 heteroatoms. The Morgan fingerprint density at radius 2 is 0.623 bits per heavy atom. The lowest BCUT2D eigenvalue weighted by molar-refractivity contribution is 0.399. The van der Waals surface area contributed by atoms with E-state index in [1.807, 2.05) is 0 Å². The molecule has 8 aromatic carbocycles. The van der Waals surface area contributed by atoms with Crippen LogP contribution in [0.15, 0.2) is 182 Å². The maximum absolute atomic E-state index is 6.92. The summed E-state index contributed by atoms with van der Waals surface area (Å²) in [4.78, 5) is 0. The molecule has 4 heterocycles. The van der Waals surface area contributed by atoms with Gasteiger partial charge in [0.05, 0.1) is 27.5 Å². The molecule has 53 heavy (non-hydrogen) atoms. The molecule has 0 amide bonds. The molecule has 0 atom stereocenters. The predicted octanol–water partition coefficient (Wildman–Crippen LogP) is 12.5. The lowest BCUT2D eigenvalue weighted by Crippen LogP contribution is -2.36. The van der Waals surface area contributed by atoms with Crippen LogP contribution in [-0.4, -0.2) is 9.13 Å². The van der Waals surface area contributed by atoms with Crippen LogP contribution in [0.5, 0.6) is 23.0 Å². The van der Waals surface area contributed by atoms with E-state index in [9.17, 15) is 0 Å². The number of hydrogen-bond acceptors (Lipinski definition) is 2. The van der Waals surface area contributed by atoms with Gasteiger partial charge in [0.1, 0.15) is 23.0 Å². The van der Waals surface area contributed by atoms with Gasteiger partial charge in [0, 0.05) is 67.3 Å². The van der Waals surface area contributed by atoms with Crippen molar-refractivity contribution in [2.24, 2.45) is 0 Å². The highest BCUT2D eigenvalue weighted by Gasteiger charge is 2.50. The molecule has 2 aromatic heterocycles. The average Bonchev–Trinajstić information content (AvgIpc) is 3.73. The fourth-order valence-corrected chi connectivity index (χ4v) is 9.33. The third kappa shape index (κ3) is 3.74. The van der Waals surface area contributed by atoms with Crippen molar-refractivity contribution >= 4 is 43.6 Å². The van der Waals surface area contributed by atoms with E-state index in [-0.39, 0.29) is 0 Å². The first-order valence-electron chi connectivity index (χ1n) is 18.1. The Hall–Kier alpha value is -7.04. The number of para-hydroxylation sites is 6. The molecular weight excluding hydrogens is 649 g/mol. The van der Waals surface area contributed by atoms with Gasteiger partial charge >= 0.3 is 0 Å². The molecule has 0 aliphatic carbocycles. The molecule has 0 radical (unpaired) electrons. The van der Waals surface area contributed by atoms with Crippen molar-refractivity contribution in [3.8, 4) is 34.4 Å². The van der Waals surface area contributed by atoms with Crippen LogP contribution in [0.1, 0.15) is 22.3 Å². The molecule has 1 spiro atoms. The first kappa shape index (κ1) is 28.6. The molecule has 0 bridgehead atoms. The number of fused-ring (bicyclic) bond motifs is 14. The molecule has 0 N–H and O–H groups in total. The third-order valence-electron chi connectivity index (χ3n) is 11.4. The molecule has 248 valence electrons. The molecular formula is C49H30N2O2. The lowest BCUT2D eigenvalue weighted by Gasteiger charge is -2.45. The maximum Gasteiger partial charge on any atom is 0.134 e. The Morgan fingerprint density at radius 1 is 0.302 bits per heavy atom. The lowest BCUT2D eigenvalue weighted by atomic mass is 9.62. The Balaban J connectivity index is 1.14. The Morgan fingerprint density at radius 3 is 1.02 bits per heavy atom. The summed E-state index contributed by atoms with van der Waals surface area (Å²) in [6.45, 7) is 0. The van der Waals surface area contributed by atoms with Gasteiger partial charge in [-0.05, 0) is 48.5 Å². The van der Waals surface area contributed by atoms with Crippen molar-refractivity contribution in [2.45, 2.75) is 5.41 Å². The SMILES string of the molecule is c1ccc2c(c1)Oc1cc(-n3c4ccccc4c4ccccc43)ccc1C21c2ccccc2Oc2cc(-n3c4ccccc4c4ccccc43)ccc21. The highest BCUT2D eigenvalue weighted by Crippen LogP contribution is 2.61. The van der Waals surface area contributed by atoms with Crippen molar-refractivity contribution in [3.63, 3.8) is 0 Å². The van der Waals surface area contributed by atoms with Gasteiger partial charge in [-0.25, -0.2) is 0 Å². The van der Waals surface area contributed by atoms with E-state index in [0.717, 1.165) is 56.6 Å². The van der Waals surface area contributed by atoms with Crippen molar-refractivity contribution in [1.29, 1.82) is 0 Å². The smallest absolute Gasteiger partial charge is 0.134 e. The fraction of sp³-hybridized carbons (Fsp3) is 0.0204. The number of ether oxygens (including phenoxy) is 2. The molecule has 0 unspecified atom stereocenters. The van der Waals surface area contributed by atoms with E-state index >= 15 is 0 Å². The van der Waals surface area contributed by atoms with Gasteiger partial charge in [-0.3, -0.25) is 0 Å². The van der Waals surface area contributed by atoms with Crippen LogP contribution in [0.3, 0.4) is 0 Å². The fourth-order valence-electron chi connectivity index (χ4n) is 9.33. The zero-order chi connectivity index (χ0) is 34.7. The van der Waals surface area contributed by atoms with Gasteiger partial charge < -0.3 is 18.6 Å². The molecule has 4 nitrogen and oxygen atoms in total. The van der Waals surface area contributed by atoms with Crippen LogP contribution in [0.25, 0.3) is 55.0 Å². The summed E-state index contributed by atoms with van der Waals surface area (Å²) in [6.07, 6.45) is 0. The van der Waals surface area contributed by atoms with E-state index in [1.165, 1.54) is 43.6 Å². The summed E-state index contributed by atoms with van der Waals surface area (Å²) < 4.78 is 18.5. The minimum Gasteiger partial charge on any atom is -0.457 e. The summed E-state index contributed by atoms with van der Waals surface area (Å²) in [7, 11) is 0. The van der Waals surface area contributed by atoms with Crippen molar-refractivity contribution in [1.82, 2.24) is 9.13 Å². The standard InChI is InChI=1S/C49H30N2O2/c1-7-19-41-33(13-1)34-14-2-8-20-42(34)50(41)31-25-27-39-47(29-31)52-45-23-11-5-17-37(45)49(39)38-18-6-12-24-46(38)53-48-30-32(26-28-40(48)49)51-43-21-9-3-15-35(43)36-16-4-10-22-44(36)51/h1-30H. The van der Waals surface area contributed by atoms with Gasteiger partial charge in [-0.15, -0.1) is 0 Å². The largest absolute Gasteiger partial charge is 0.457 e. The van der Waals surface area contributed by atoms with E-state index in [0.29, 0.717) is 0 Å². The zero-order valence-electron chi connectivity index (χ0n) is 28.5. The van der Waals surface area contributed by atoms with Crippen molar-refractivity contribution < 1.29 is 9.47 Å². The summed E-state index contributed by atoms with van der Waals surface area (Å²) in [5.41, 5.74) is 10.4. The molecule has 10 aromatic rings. The quantitative estimate of drug-likeness (QED) is 0.182. The monoisotopic (exact) mass is 678 g/mol. The van der Waals surface area contributed by atoms with Crippen LogP contribution >= 0.6 is 0 Å². The molecule has 0 saturated heterocycles. The van der Waals surface area contributed by atoms with Crippen molar-refractivity contribution in [2.75, 3.05) is 0 Å². The molecule has 0 saturated carbocycles. The summed E-state index contributed by atoms with van der Waals surface area (Å²) in [6, 6.07) is 65.0. The molecule has 2 aliphatic rings. The average molecular weight is 679 g/mol. The van der Waals surface area contributed by atoms with E-state index in [4.69, 9.17) is 9.47 Å². The van der Waals surface area contributed by atoms with E-state index < -0.39 is 5.41 Å². The minimum atomic E-state index is -0.687. The summed E-state index contributed by atoms with van der Waals surface area (Å²) >= 11 is 0. The van der Waals surface area contributed by atoms with Gasteiger partial charge in [0.2, 0.25) is 0 Å². The van der Waals surface area contributed by atoms with E-state index in [1.54, 1.807) is 0 Å². The summed E-state index contributed by atoms with van der Waals surface area (Å²) in [5.74, 6) is 3.34. The second kappa shape index (κ2) is 10.5. The van der Waals surface area contributed by atoms with Crippen LogP contribution in [0.2, 0.25) is 0 Å². The molecule has 12 rings (SSSR count). The highest BCUT2D eigenvalue weighted by atomic mass is 16.5. The van der Waals surface area contributed by atoms with Crippen LogP contribution in [-0.2, 0) is 5.41 Å². The predicted molar refractivity (Wildman–Crippen MR) is 214 cm³/mol. The minimum absolute atomic E-state index is 0.687. The van der Waals surface area contributed by atoms with Gasteiger partial charge in [0.25, 0.3) is 0 Å². The highest BCUT2D eigenvalue weighted by molar-refractivity contribution is 6.10. The molecule has 0 fully saturated rings. The van der Waals surface area contributed by atoms with Gasteiger partial charge in [-0.1, -0.05) is 121 Å². The second-order valence-electron chi connectivity index (χ2n) is 14.0. The Bertz CT molecular complexity index is 2830. The number of hydrogen-bond donors (Lipinski definition) is 0. The number of benzene rings is 8. The number of nitrogens with zero attached hydrogens (tertiary/aromatic N) is 2. The van der Waals surface area contributed by atoms with E-state index in [2.05, 4.69) is 191 Å². The Labute approximate surface area is 305 Å². The number of rotatable bonds is 2. The molecule has 2 aliphatic heterocycles.